The number of aromatic nitrogens is 4. The molecule has 0 aliphatic heterocycles. The van der Waals surface area contributed by atoms with E-state index in [1.807, 2.05) is 0 Å². The molecule has 31 rings (SSSR count). The van der Waals surface area contributed by atoms with Crippen LogP contribution in [0, 0.1) is 0 Å². The van der Waals surface area contributed by atoms with Crippen LogP contribution in [0.25, 0.3) is 232 Å². The summed E-state index contributed by atoms with van der Waals surface area (Å²) < 4.78 is 9.81. The Kier molecular flexibility index (Phi) is 20.7. The van der Waals surface area contributed by atoms with Gasteiger partial charge in [0.2, 0.25) is 0 Å². The highest BCUT2D eigenvalue weighted by molar-refractivity contribution is 6.17. The molecule has 0 N–H and O–H groups in total. The lowest BCUT2D eigenvalue weighted by Crippen LogP contribution is -2.14. The summed E-state index contributed by atoms with van der Waals surface area (Å²) in [6.07, 6.45) is 0. The van der Waals surface area contributed by atoms with Gasteiger partial charge in [0.1, 0.15) is 0 Å². The van der Waals surface area contributed by atoms with Crippen molar-refractivity contribution in [2.45, 2.75) is 77.0 Å². The first-order chi connectivity index (χ1) is 73.4. The predicted octanol–water partition coefficient (Wildman–Crippen LogP) is 39.0. The van der Waals surface area contributed by atoms with Crippen molar-refractivity contribution >= 4 is 109 Å². The maximum Gasteiger partial charge on any atom is 0.0547 e. The van der Waals surface area contributed by atoms with Crippen LogP contribution < -0.4 is 0 Å². The number of fused-ring (bicyclic) bond motifs is 26. The van der Waals surface area contributed by atoms with E-state index in [1.54, 1.807) is 0 Å². The van der Waals surface area contributed by atoms with E-state index in [0.717, 1.165) is 0 Å². The van der Waals surface area contributed by atoms with E-state index in [1.165, 1.54) is 276 Å². The number of rotatable bonds is 9. The van der Waals surface area contributed by atoms with Crippen LogP contribution in [0.1, 0.15) is 99.9 Å². The summed E-state index contributed by atoms with van der Waals surface area (Å²) in [7, 11) is 0. The van der Waals surface area contributed by atoms with Gasteiger partial charge in [0, 0.05) is 87.5 Å². The minimum Gasteiger partial charge on any atom is -0.309 e. The number of hydrogen-bond donors (Lipinski definition) is 0. The van der Waals surface area contributed by atoms with Gasteiger partial charge in [-0.1, -0.05) is 438 Å². The number of hydrogen-bond acceptors (Lipinski definition) is 0. The standard InChI is InChI=1S/C39H29N.2C37H27N.C33H25N/c1-39(2)35-19-11-9-17-31(35)33-25-38-34(24-36(33)39)32-18-10-12-20-37(32)40(38)30-22-28(26-13-5-3-6-14-26)21-29(23-30)27-15-7-4-8-16-27;2*1-37(2)33-17-8-6-14-29(33)31-23-36-32(22-34(31)37)30-15-7-9-18-35(30)38(36)26-19-20-28-25(21-26)13-10-16-27(28)24-11-4-3-5-12-24;1-33(2)29-17-8-6-15-25(29)27-21-32-28(20-30(27)33)26-16-7-9-18-31(26)34(32)24-14-10-13-23(19-24)22-11-4-3-5-12-22/h3-25H,1-2H3;2*3-23H,1-2H3;3-21H,1-2H3. The molecule has 4 heteroatoms. The van der Waals surface area contributed by atoms with Gasteiger partial charge in [0.15, 0.2) is 0 Å². The van der Waals surface area contributed by atoms with Crippen LogP contribution in [-0.4, -0.2) is 18.3 Å². The largest absolute Gasteiger partial charge is 0.309 e. The van der Waals surface area contributed by atoms with Gasteiger partial charge in [0.05, 0.1) is 44.1 Å². The van der Waals surface area contributed by atoms with Crippen molar-refractivity contribution < 1.29 is 0 Å². The first-order valence-corrected chi connectivity index (χ1v) is 52.7. The molecule has 0 spiro atoms. The Morgan fingerprint density at radius 3 is 0.680 bits per heavy atom. The highest BCUT2D eigenvalue weighted by Crippen LogP contribution is 2.57. The molecule has 0 saturated heterocycles. The van der Waals surface area contributed by atoms with E-state index < -0.39 is 0 Å². The molecule has 4 nitrogen and oxygen atoms in total. The molecule has 0 amide bonds. The van der Waals surface area contributed by atoms with Gasteiger partial charge >= 0.3 is 0 Å². The second-order valence-corrected chi connectivity index (χ2v) is 43.3. The van der Waals surface area contributed by atoms with Gasteiger partial charge in [-0.25, -0.2) is 0 Å². The molecular weight excluding hydrogens is 1810 g/mol. The summed E-state index contributed by atoms with van der Waals surface area (Å²) in [5.41, 5.74) is 49.3. The average molecular weight is 1920 g/mol. The monoisotopic (exact) mass is 1920 g/mol. The van der Waals surface area contributed by atoms with Gasteiger partial charge in [0.25, 0.3) is 0 Å². The second-order valence-electron chi connectivity index (χ2n) is 43.3. The fourth-order valence-corrected chi connectivity index (χ4v) is 26.1. The summed E-state index contributed by atoms with van der Waals surface area (Å²) >= 11 is 0. The molecule has 0 radical (unpaired) electrons. The Bertz CT molecular complexity index is 9820. The van der Waals surface area contributed by atoms with E-state index in [4.69, 9.17) is 0 Å². The Morgan fingerprint density at radius 2 is 0.360 bits per heavy atom. The molecule has 23 aromatic carbocycles. The number of benzene rings is 23. The molecule has 150 heavy (non-hydrogen) atoms. The summed E-state index contributed by atoms with van der Waals surface area (Å²) in [6.45, 7) is 18.9. The predicted molar refractivity (Wildman–Crippen MR) is 636 cm³/mol. The minimum absolute atomic E-state index is 0.00343. The molecule has 4 aliphatic carbocycles. The molecule has 0 atom stereocenters. The van der Waals surface area contributed by atoms with E-state index in [0.29, 0.717) is 0 Å². The first-order valence-electron chi connectivity index (χ1n) is 52.7. The maximum atomic E-state index is 2.47. The summed E-state index contributed by atoms with van der Waals surface area (Å²) in [4.78, 5) is 0. The van der Waals surface area contributed by atoms with Crippen LogP contribution in [0.2, 0.25) is 0 Å². The topological polar surface area (TPSA) is 19.7 Å². The van der Waals surface area contributed by atoms with Crippen molar-refractivity contribution in [1.82, 2.24) is 18.3 Å². The minimum atomic E-state index is -0.0307. The lowest BCUT2D eigenvalue weighted by molar-refractivity contribution is 0.661. The third-order valence-corrected chi connectivity index (χ3v) is 33.5. The third-order valence-electron chi connectivity index (χ3n) is 33.5. The molecule has 0 unspecified atom stereocenters. The van der Waals surface area contributed by atoms with Crippen LogP contribution in [0.15, 0.2) is 510 Å². The highest BCUT2D eigenvalue weighted by Gasteiger charge is 2.41. The Hall–Kier alpha value is -18.2. The molecule has 0 fully saturated rings. The van der Waals surface area contributed by atoms with Crippen LogP contribution >= 0.6 is 0 Å². The summed E-state index contributed by atoms with van der Waals surface area (Å²) in [5, 5.41) is 15.5. The van der Waals surface area contributed by atoms with Gasteiger partial charge in [-0.3, -0.25) is 0 Å². The van der Waals surface area contributed by atoms with Crippen LogP contribution in [0.3, 0.4) is 0 Å². The normalized spacial score (nSPS) is 13.7. The second kappa shape index (κ2) is 34.7. The van der Waals surface area contributed by atoms with E-state index in [9.17, 15) is 0 Å². The van der Waals surface area contributed by atoms with Gasteiger partial charge in [-0.05, 0) is 294 Å². The number of para-hydroxylation sites is 4. The third kappa shape index (κ3) is 14.2. The van der Waals surface area contributed by atoms with Gasteiger partial charge < -0.3 is 18.3 Å². The molecule has 27 aromatic rings. The molecule has 4 heterocycles. The Balaban J connectivity index is 0.0000000962. The van der Waals surface area contributed by atoms with Gasteiger partial charge in [-0.2, -0.15) is 0 Å². The SMILES string of the molecule is CC1(C)c2ccccc2-c2cc3c(cc21)c1ccccc1n3-c1cc(-c2ccccc2)cc(-c2ccccc2)c1.CC1(C)c2ccccc2-c2cc3c(cc21)c1ccccc1n3-c1ccc2c(-c3ccccc3)cccc2c1.CC1(C)c2ccccc2-c2cc3c(cc21)c1ccccc1n3-c1ccc2c(-c3ccccc3)cccc2c1.CC1(C)c2ccccc2-c2cc3c(cc21)c1ccccc1n3-c1cccc(-c2ccccc2)c1. The Morgan fingerprint density at radius 1 is 0.120 bits per heavy atom. The lowest BCUT2D eigenvalue weighted by Gasteiger charge is -2.21. The van der Waals surface area contributed by atoms with Crippen molar-refractivity contribution in [3.8, 4) is 123 Å². The van der Waals surface area contributed by atoms with E-state index in [-0.39, 0.29) is 21.7 Å². The lowest BCUT2D eigenvalue weighted by atomic mass is 9.82. The van der Waals surface area contributed by atoms with E-state index >= 15 is 0 Å². The molecule has 0 bridgehead atoms. The molecule has 712 valence electrons. The van der Waals surface area contributed by atoms with Crippen molar-refractivity contribution in [1.29, 1.82) is 0 Å². The van der Waals surface area contributed by atoms with Crippen molar-refractivity contribution in [3.05, 3.63) is 554 Å². The smallest absolute Gasteiger partial charge is 0.0547 e. The van der Waals surface area contributed by atoms with Crippen LogP contribution in [0.5, 0.6) is 0 Å². The Labute approximate surface area is 874 Å². The quantitative estimate of drug-likeness (QED) is 0.137. The van der Waals surface area contributed by atoms with Crippen molar-refractivity contribution in [2.24, 2.45) is 0 Å². The molecule has 0 saturated carbocycles. The van der Waals surface area contributed by atoms with Crippen LogP contribution in [-0.2, 0) is 21.7 Å². The van der Waals surface area contributed by atoms with E-state index in [2.05, 4.69) is 583 Å². The van der Waals surface area contributed by atoms with Crippen LogP contribution in [0.4, 0.5) is 0 Å². The molecule has 4 aromatic heterocycles. The average Bonchev–Trinajstić information content (AvgIpc) is 1.56. The fourth-order valence-electron chi connectivity index (χ4n) is 26.1. The highest BCUT2D eigenvalue weighted by atomic mass is 15.0. The fraction of sp³-hybridized carbons (Fsp3) is 0.0822. The van der Waals surface area contributed by atoms with Crippen molar-refractivity contribution in [3.63, 3.8) is 0 Å². The molecule has 4 aliphatic rings. The summed E-state index contributed by atoms with van der Waals surface area (Å²) in [6, 6.07) is 187. The number of nitrogens with zero attached hydrogens (tertiary/aromatic N) is 4. The summed E-state index contributed by atoms with van der Waals surface area (Å²) in [5.74, 6) is 0. The zero-order chi connectivity index (χ0) is 101. The van der Waals surface area contributed by atoms with Gasteiger partial charge in [-0.15, -0.1) is 0 Å². The van der Waals surface area contributed by atoms with Crippen molar-refractivity contribution in [2.75, 3.05) is 0 Å². The zero-order valence-electron chi connectivity index (χ0n) is 85.3. The maximum absolute atomic E-state index is 2.47. The first kappa shape index (κ1) is 89.4. The molecular formula is C146H108N4. The zero-order valence-corrected chi connectivity index (χ0v) is 85.3.